The van der Waals surface area contributed by atoms with Gasteiger partial charge in [0, 0.05) is 32.5 Å². The summed E-state index contributed by atoms with van der Waals surface area (Å²) in [4.78, 5) is 29.0. The Bertz CT molecular complexity index is 1550. The van der Waals surface area contributed by atoms with Gasteiger partial charge in [-0.25, -0.2) is 0 Å². The fourth-order valence-corrected chi connectivity index (χ4v) is 4.10. The summed E-state index contributed by atoms with van der Waals surface area (Å²) in [6.07, 6.45) is 3.77. The number of benzene rings is 4. The van der Waals surface area contributed by atoms with E-state index in [9.17, 15) is 9.59 Å². The van der Waals surface area contributed by atoms with Crippen molar-refractivity contribution < 1.29 is 29.7 Å². The fraction of sp³-hybridized carbons (Fsp3) is 0.0857. The number of pyridine rings is 2. The molecule has 0 fully saturated rings. The number of ketones is 2. The first-order valence-corrected chi connectivity index (χ1v) is 12.6. The Kier molecular flexibility index (Phi) is 11.6. The molecule has 0 atom stereocenters. The van der Waals surface area contributed by atoms with Gasteiger partial charge >= 0.3 is 0 Å². The number of carbonyl (C=O) groups excluding carboxylic acids is 2. The molecule has 4 aromatic carbocycles. The van der Waals surface area contributed by atoms with E-state index in [0.29, 0.717) is 0 Å². The predicted octanol–water partition coefficient (Wildman–Crippen LogP) is 7.96. The SMILES string of the molecule is CC(=O)CC(C)=O.[Ir].[c-]1ccccc1-c1nccc2ccccc12.[c-]1ccccc1-c1nccc2ccccc12. The van der Waals surface area contributed by atoms with Crippen molar-refractivity contribution in [3.05, 3.63) is 134 Å². The predicted molar refractivity (Wildman–Crippen MR) is 158 cm³/mol. The second-order valence-corrected chi connectivity index (χ2v) is 8.89. The van der Waals surface area contributed by atoms with Crippen LogP contribution in [0.3, 0.4) is 0 Å². The van der Waals surface area contributed by atoms with Crippen LogP contribution in [0.4, 0.5) is 0 Å². The normalized spacial score (nSPS) is 9.85. The van der Waals surface area contributed by atoms with Gasteiger partial charge in [0.1, 0.15) is 11.6 Å². The van der Waals surface area contributed by atoms with Crippen LogP contribution in [0.2, 0.25) is 0 Å². The third-order valence-electron chi connectivity index (χ3n) is 5.77. The molecule has 0 saturated carbocycles. The molecule has 0 aliphatic heterocycles. The molecule has 0 aliphatic carbocycles. The van der Waals surface area contributed by atoms with Crippen LogP contribution >= 0.6 is 0 Å². The molecule has 4 nitrogen and oxygen atoms in total. The Hall–Kier alpha value is -4.31. The number of hydrogen-bond donors (Lipinski definition) is 0. The van der Waals surface area contributed by atoms with Gasteiger partial charge in [0.05, 0.1) is 6.42 Å². The maximum absolute atomic E-state index is 10.0. The molecule has 6 rings (SSSR count). The molecule has 40 heavy (non-hydrogen) atoms. The minimum Gasteiger partial charge on any atom is -0.304 e. The van der Waals surface area contributed by atoms with Gasteiger partial charge in [0.15, 0.2) is 0 Å². The first-order chi connectivity index (χ1) is 19.0. The molecular weight excluding hydrogens is 673 g/mol. The van der Waals surface area contributed by atoms with E-state index in [-0.39, 0.29) is 38.1 Å². The molecular formula is C35H28IrN2O2-2. The van der Waals surface area contributed by atoms with Crippen molar-refractivity contribution in [1.29, 1.82) is 0 Å². The van der Waals surface area contributed by atoms with Gasteiger partial charge in [0.25, 0.3) is 0 Å². The maximum atomic E-state index is 10.0. The zero-order valence-corrected chi connectivity index (χ0v) is 24.7. The maximum Gasteiger partial charge on any atom is 0.137 e. The largest absolute Gasteiger partial charge is 0.304 e. The topological polar surface area (TPSA) is 59.9 Å². The third kappa shape index (κ3) is 8.34. The summed E-state index contributed by atoms with van der Waals surface area (Å²) in [5.41, 5.74) is 4.08. The van der Waals surface area contributed by atoms with Crippen molar-refractivity contribution in [2.75, 3.05) is 0 Å². The van der Waals surface area contributed by atoms with Crippen LogP contribution in [0.5, 0.6) is 0 Å². The Morgan fingerprint density at radius 1 is 0.575 bits per heavy atom. The molecule has 0 amide bonds. The van der Waals surface area contributed by atoms with Gasteiger partial charge in [-0.15, -0.1) is 71.8 Å². The summed E-state index contributed by atoms with van der Waals surface area (Å²) in [6, 6.07) is 42.9. The zero-order valence-electron chi connectivity index (χ0n) is 22.3. The van der Waals surface area contributed by atoms with E-state index in [1.165, 1.54) is 35.4 Å². The number of hydrogen-bond acceptors (Lipinski definition) is 4. The minimum atomic E-state index is -0.0625. The van der Waals surface area contributed by atoms with E-state index >= 15 is 0 Å². The molecule has 0 N–H and O–H groups in total. The molecule has 0 aliphatic rings. The van der Waals surface area contributed by atoms with Crippen LogP contribution in [0.1, 0.15) is 20.3 Å². The molecule has 0 bridgehead atoms. The molecule has 2 heterocycles. The van der Waals surface area contributed by atoms with E-state index in [4.69, 9.17) is 0 Å². The van der Waals surface area contributed by atoms with Gasteiger partial charge in [0.2, 0.25) is 0 Å². The van der Waals surface area contributed by atoms with Gasteiger partial charge in [-0.3, -0.25) is 9.59 Å². The first-order valence-electron chi connectivity index (χ1n) is 12.6. The standard InChI is InChI=1S/2C15H10N.C5H8O2.Ir/c2*1-2-7-13(8-3-1)15-14-9-5-4-6-12(14)10-11-16-15;1-4(6)3-5(2)7;/h2*1-7,9-11H;3H2,1-2H3;/q2*-1;;. The summed E-state index contributed by atoms with van der Waals surface area (Å²) < 4.78 is 0. The summed E-state index contributed by atoms with van der Waals surface area (Å²) in [7, 11) is 0. The molecule has 0 saturated heterocycles. The molecule has 0 unspecified atom stereocenters. The van der Waals surface area contributed by atoms with Crippen LogP contribution in [0.25, 0.3) is 44.1 Å². The van der Waals surface area contributed by atoms with E-state index in [1.54, 1.807) is 0 Å². The smallest absolute Gasteiger partial charge is 0.137 e. The molecule has 5 heteroatoms. The first kappa shape index (κ1) is 30.2. The monoisotopic (exact) mass is 701 g/mol. The second kappa shape index (κ2) is 15.3. The van der Waals surface area contributed by atoms with Crippen molar-refractivity contribution in [3.63, 3.8) is 0 Å². The van der Waals surface area contributed by atoms with Crippen LogP contribution in [0, 0.1) is 12.1 Å². The van der Waals surface area contributed by atoms with Crippen molar-refractivity contribution in [2.24, 2.45) is 0 Å². The Morgan fingerprint density at radius 2 is 0.975 bits per heavy atom. The Morgan fingerprint density at radius 3 is 1.32 bits per heavy atom. The molecule has 1 radical (unpaired) electrons. The van der Waals surface area contributed by atoms with Crippen molar-refractivity contribution in [3.8, 4) is 22.5 Å². The van der Waals surface area contributed by atoms with E-state index in [1.807, 2.05) is 97.3 Å². The fourth-order valence-electron chi connectivity index (χ4n) is 4.10. The quantitative estimate of drug-likeness (QED) is 0.138. The minimum absolute atomic E-state index is 0. The molecule has 201 valence electrons. The van der Waals surface area contributed by atoms with Crippen LogP contribution in [-0.4, -0.2) is 21.5 Å². The number of nitrogens with zero attached hydrogens (tertiary/aromatic N) is 2. The van der Waals surface area contributed by atoms with Crippen molar-refractivity contribution in [2.45, 2.75) is 20.3 Å². The summed E-state index contributed by atoms with van der Waals surface area (Å²) in [5, 5.41) is 4.77. The summed E-state index contributed by atoms with van der Waals surface area (Å²) in [5.74, 6) is -0.125. The van der Waals surface area contributed by atoms with Gasteiger partial charge in [-0.1, -0.05) is 48.5 Å². The number of Topliss-reactive ketones (excluding diaryl/α,β-unsaturated/α-hetero) is 2. The van der Waals surface area contributed by atoms with Gasteiger partial charge in [-0.05, 0) is 58.9 Å². The molecule has 2 aromatic heterocycles. The van der Waals surface area contributed by atoms with Gasteiger partial charge < -0.3 is 9.97 Å². The van der Waals surface area contributed by atoms with Gasteiger partial charge in [-0.2, -0.15) is 0 Å². The number of aromatic nitrogens is 2. The van der Waals surface area contributed by atoms with E-state index in [2.05, 4.69) is 46.4 Å². The molecule has 0 spiro atoms. The van der Waals surface area contributed by atoms with Crippen LogP contribution < -0.4 is 0 Å². The van der Waals surface area contributed by atoms with Crippen LogP contribution in [-0.2, 0) is 29.7 Å². The summed E-state index contributed by atoms with van der Waals surface area (Å²) >= 11 is 0. The summed E-state index contributed by atoms with van der Waals surface area (Å²) in [6.45, 7) is 2.81. The van der Waals surface area contributed by atoms with Crippen molar-refractivity contribution >= 4 is 33.1 Å². The Labute approximate surface area is 248 Å². The van der Waals surface area contributed by atoms with E-state index in [0.717, 1.165) is 22.5 Å². The third-order valence-corrected chi connectivity index (χ3v) is 5.77. The second-order valence-electron chi connectivity index (χ2n) is 8.89. The average Bonchev–Trinajstić information content (AvgIpc) is 2.97. The van der Waals surface area contributed by atoms with Crippen molar-refractivity contribution in [1.82, 2.24) is 9.97 Å². The molecule has 6 aromatic rings. The number of rotatable bonds is 4. The van der Waals surface area contributed by atoms with Crippen LogP contribution in [0.15, 0.2) is 122 Å². The zero-order chi connectivity index (χ0) is 27.5. The number of carbonyl (C=O) groups is 2. The Balaban J connectivity index is 0.000000177. The number of fused-ring (bicyclic) bond motifs is 2. The average molecular weight is 701 g/mol. The van der Waals surface area contributed by atoms with E-state index < -0.39 is 0 Å².